The van der Waals surface area contributed by atoms with Gasteiger partial charge < -0.3 is 5.11 Å². The first-order chi connectivity index (χ1) is 6.54. The fourth-order valence-electron chi connectivity index (χ4n) is 2.95. The minimum atomic E-state index is -0.460. The van der Waals surface area contributed by atoms with Crippen molar-refractivity contribution in [3.63, 3.8) is 0 Å². The molecule has 2 heteroatoms. The molecule has 2 aliphatic rings. The number of aliphatic hydroxyl groups excluding tert-OH is 1. The maximum Gasteiger partial charge on any atom is 0.158 e. The predicted molar refractivity (Wildman–Crippen MR) is 54.8 cm³/mol. The molecule has 1 saturated carbocycles. The quantitative estimate of drug-likeness (QED) is 0.641. The van der Waals surface area contributed by atoms with Crippen LogP contribution in [-0.4, -0.2) is 17.0 Å². The van der Waals surface area contributed by atoms with Gasteiger partial charge in [-0.15, -0.1) is 0 Å². The van der Waals surface area contributed by atoms with E-state index >= 15 is 0 Å². The van der Waals surface area contributed by atoms with Gasteiger partial charge in [-0.3, -0.25) is 4.79 Å². The highest BCUT2D eigenvalue weighted by Crippen LogP contribution is 2.48. The summed E-state index contributed by atoms with van der Waals surface area (Å²) in [5, 5.41) is 9.99. The van der Waals surface area contributed by atoms with Crippen molar-refractivity contribution in [3.8, 4) is 0 Å². The van der Waals surface area contributed by atoms with Crippen LogP contribution >= 0.6 is 0 Å². The van der Waals surface area contributed by atoms with Crippen molar-refractivity contribution in [3.05, 3.63) is 11.6 Å². The van der Waals surface area contributed by atoms with E-state index in [1.165, 1.54) is 12.0 Å². The van der Waals surface area contributed by atoms with Crippen LogP contribution in [0.4, 0.5) is 0 Å². The van der Waals surface area contributed by atoms with Gasteiger partial charge in [0.1, 0.15) is 0 Å². The number of hydrogen-bond acceptors (Lipinski definition) is 2. The van der Waals surface area contributed by atoms with Crippen molar-refractivity contribution in [1.29, 1.82) is 0 Å². The van der Waals surface area contributed by atoms with Crippen LogP contribution in [0.15, 0.2) is 11.6 Å². The first kappa shape index (κ1) is 9.91. The zero-order chi connectivity index (χ0) is 10.3. The van der Waals surface area contributed by atoms with Crippen LogP contribution in [0.5, 0.6) is 0 Å². The monoisotopic (exact) mass is 194 g/mol. The molecule has 3 unspecified atom stereocenters. The van der Waals surface area contributed by atoms with Crippen LogP contribution in [0.25, 0.3) is 0 Å². The predicted octanol–water partition coefficient (Wildman–Crippen LogP) is 2.07. The number of rotatable bonds is 0. The van der Waals surface area contributed by atoms with Gasteiger partial charge in [0.25, 0.3) is 0 Å². The Balaban J connectivity index is 2.41. The van der Waals surface area contributed by atoms with Gasteiger partial charge in [0.05, 0.1) is 6.10 Å². The second-order valence-corrected chi connectivity index (χ2v) is 5.00. The molecule has 0 heterocycles. The summed E-state index contributed by atoms with van der Waals surface area (Å²) < 4.78 is 0. The summed E-state index contributed by atoms with van der Waals surface area (Å²) in [7, 11) is 0. The third kappa shape index (κ3) is 1.33. The summed E-state index contributed by atoms with van der Waals surface area (Å²) in [5.41, 5.74) is 1.07. The summed E-state index contributed by atoms with van der Waals surface area (Å²) in [4.78, 5) is 11.4. The number of carbonyl (C=O) groups is 1. The molecule has 0 aromatic rings. The van der Waals surface area contributed by atoms with E-state index in [1.807, 2.05) is 0 Å². The number of allylic oxidation sites excluding steroid dienone is 1. The second-order valence-electron chi connectivity index (χ2n) is 5.00. The second kappa shape index (κ2) is 3.20. The molecule has 0 spiro atoms. The van der Waals surface area contributed by atoms with E-state index in [9.17, 15) is 9.90 Å². The molecule has 0 radical (unpaired) electrons. The molecular weight excluding hydrogens is 176 g/mol. The minimum absolute atomic E-state index is 0.0960. The minimum Gasteiger partial charge on any atom is -0.392 e. The van der Waals surface area contributed by atoms with Crippen molar-refractivity contribution in [2.75, 3.05) is 0 Å². The lowest BCUT2D eigenvalue weighted by Crippen LogP contribution is -2.43. The van der Waals surface area contributed by atoms with Gasteiger partial charge in [-0.25, -0.2) is 0 Å². The van der Waals surface area contributed by atoms with Gasteiger partial charge >= 0.3 is 0 Å². The van der Waals surface area contributed by atoms with Crippen molar-refractivity contribution in [2.24, 2.45) is 11.3 Å². The Labute approximate surface area is 85.0 Å². The molecule has 0 bridgehead atoms. The SMILES string of the molecule is CC1CCCC2(C)C1=CC(=O)CC2O. The van der Waals surface area contributed by atoms with Crippen LogP contribution in [0.1, 0.15) is 39.5 Å². The number of aliphatic hydroxyl groups is 1. The standard InChI is InChI=1S/C12H18O2/c1-8-4-3-5-12(2)10(8)6-9(13)7-11(12)14/h6,8,11,14H,3-5,7H2,1-2H3. The first-order valence-corrected chi connectivity index (χ1v) is 5.47. The Hall–Kier alpha value is -0.630. The Morgan fingerprint density at radius 2 is 2.29 bits per heavy atom. The highest BCUT2D eigenvalue weighted by molar-refractivity contribution is 5.92. The van der Waals surface area contributed by atoms with Crippen molar-refractivity contribution in [2.45, 2.75) is 45.6 Å². The molecule has 0 aromatic carbocycles. The third-order valence-electron chi connectivity index (χ3n) is 3.97. The van der Waals surface area contributed by atoms with Crippen LogP contribution in [0.2, 0.25) is 0 Å². The van der Waals surface area contributed by atoms with Gasteiger partial charge in [-0.05, 0) is 24.8 Å². The van der Waals surface area contributed by atoms with E-state index in [-0.39, 0.29) is 11.2 Å². The molecule has 2 aliphatic carbocycles. The third-order valence-corrected chi connectivity index (χ3v) is 3.97. The maximum absolute atomic E-state index is 11.4. The molecule has 0 amide bonds. The smallest absolute Gasteiger partial charge is 0.158 e. The number of ketones is 1. The lowest BCUT2D eigenvalue weighted by molar-refractivity contribution is -0.120. The van der Waals surface area contributed by atoms with Crippen LogP contribution < -0.4 is 0 Å². The van der Waals surface area contributed by atoms with E-state index in [2.05, 4.69) is 13.8 Å². The normalized spacial score (nSPS) is 43.1. The lowest BCUT2D eigenvalue weighted by atomic mass is 9.61. The van der Waals surface area contributed by atoms with Crippen molar-refractivity contribution < 1.29 is 9.90 Å². The van der Waals surface area contributed by atoms with Gasteiger partial charge in [0, 0.05) is 11.8 Å². The Kier molecular flexibility index (Phi) is 2.26. The zero-order valence-electron chi connectivity index (χ0n) is 8.92. The molecule has 2 rings (SSSR count). The largest absolute Gasteiger partial charge is 0.392 e. The summed E-state index contributed by atoms with van der Waals surface area (Å²) in [6.45, 7) is 4.26. The number of hydrogen-bond donors (Lipinski definition) is 1. The van der Waals surface area contributed by atoms with Gasteiger partial charge in [-0.2, -0.15) is 0 Å². The topological polar surface area (TPSA) is 37.3 Å². The Morgan fingerprint density at radius 1 is 1.57 bits per heavy atom. The molecule has 2 nitrogen and oxygen atoms in total. The molecular formula is C12H18O2. The fraction of sp³-hybridized carbons (Fsp3) is 0.750. The highest BCUT2D eigenvalue weighted by atomic mass is 16.3. The van der Waals surface area contributed by atoms with Gasteiger partial charge in [0.2, 0.25) is 0 Å². The first-order valence-electron chi connectivity index (χ1n) is 5.47. The van der Waals surface area contributed by atoms with Gasteiger partial charge in [0.15, 0.2) is 5.78 Å². The molecule has 1 N–H and O–H groups in total. The van der Waals surface area contributed by atoms with E-state index in [0.717, 1.165) is 12.8 Å². The molecule has 14 heavy (non-hydrogen) atoms. The molecule has 3 atom stereocenters. The van der Waals surface area contributed by atoms with E-state index in [4.69, 9.17) is 0 Å². The molecule has 1 fully saturated rings. The summed E-state index contributed by atoms with van der Waals surface area (Å²) in [6, 6.07) is 0. The lowest BCUT2D eigenvalue weighted by Gasteiger charge is -2.45. The van der Waals surface area contributed by atoms with Crippen molar-refractivity contribution >= 4 is 5.78 Å². The molecule has 0 aromatic heterocycles. The van der Waals surface area contributed by atoms with Crippen LogP contribution in [0, 0.1) is 11.3 Å². The fourth-order valence-corrected chi connectivity index (χ4v) is 2.95. The zero-order valence-corrected chi connectivity index (χ0v) is 8.92. The molecule has 78 valence electrons. The summed E-state index contributed by atoms with van der Waals surface area (Å²) >= 11 is 0. The maximum atomic E-state index is 11.4. The number of carbonyl (C=O) groups excluding carboxylic acids is 1. The Bertz CT molecular complexity index is 293. The van der Waals surface area contributed by atoms with Crippen molar-refractivity contribution in [1.82, 2.24) is 0 Å². The molecule has 0 aliphatic heterocycles. The van der Waals surface area contributed by atoms with Gasteiger partial charge in [-0.1, -0.05) is 25.8 Å². The van der Waals surface area contributed by atoms with E-state index in [1.54, 1.807) is 6.08 Å². The van der Waals surface area contributed by atoms with Crippen LogP contribution in [-0.2, 0) is 4.79 Å². The number of fused-ring (bicyclic) bond motifs is 1. The average molecular weight is 194 g/mol. The Morgan fingerprint density at radius 3 is 3.00 bits per heavy atom. The van der Waals surface area contributed by atoms with E-state index in [0.29, 0.717) is 12.3 Å². The van der Waals surface area contributed by atoms with E-state index < -0.39 is 6.10 Å². The molecule has 0 saturated heterocycles. The highest BCUT2D eigenvalue weighted by Gasteiger charge is 2.44. The van der Waals surface area contributed by atoms with Crippen LogP contribution in [0.3, 0.4) is 0 Å². The summed E-state index contributed by atoms with van der Waals surface area (Å²) in [6.07, 6.45) is 4.99. The summed E-state index contributed by atoms with van der Waals surface area (Å²) in [5.74, 6) is 0.561. The average Bonchev–Trinajstić information content (AvgIpc) is 2.10.